The maximum absolute atomic E-state index is 14.7. The monoisotopic (exact) mass is 538 g/mol. The van der Waals surface area contributed by atoms with Crippen molar-refractivity contribution in [3.8, 4) is 0 Å². The van der Waals surface area contributed by atoms with Crippen molar-refractivity contribution in [3.63, 3.8) is 0 Å². The van der Waals surface area contributed by atoms with Crippen molar-refractivity contribution in [1.82, 2.24) is 0 Å². The predicted octanol–water partition coefficient (Wildman–Crippen LogP) is 3.44. The quantitative estimate of drug-likeness (QED) is 0.219. The van der Waals surface area contributed by atoms with Crippen LogP contribution in [-0.4, -0.2) is 67.8 Å². The molecule has 6 nitrogen and oxygen atoms in total. The molecule has 38 heavy (non-hydrogen) atoms. The van der Waals surface area contributed by atoms with Gasteiger partial charge in [-0.2, -0.15) is 0 Å². The second-order valence-corrected chi connectivity index (χ2v) is 11.2. The summed E-state index contributed by atoms with van der Waals surface area (Å²) < 4.78 is 29.2. The van der Waals surface area contributed by atoms with E-state index in [1.54, 1.807) is 18.2 Å². The number of aliphatic hydroxyl groups is 6. The van der Waals surface area contributed by atoms with E-state index < -0.39 is 43.0 Å². The number of hydrogen-bond acceptors (Lipinski definition) is 6. The second kappa shape index (κ2) is 14.4. The second-order valence-electron chi connectivity index (χ2n) is 11.2. The lowest BCUT2D eigenvalue weighted by atomic mass is 9.80. The Hall–Kier alpha value is -1.94. The summed E-state index contributed by atoms with van der Waals surface area (Å²) in [5.41, 5.74) is 2.56. The molecule has 0 amide bonds. The van der Waals surface area contributed by atoms with E-state index in [0.717, 1.165) is 5.56 Å². The van der Waals surface area contributed by atoms with Gasteiger partial charge < -0.3 is 30.6 Å². The summed E-state index contributed by atoms with van der Waals surface area (Å²) >= 11 is 0. The number of rotatable bonds is 14. The van der Waals surface area contributed by atoms with E-state index in [0.29, 0.717) is 29.5 Å². The Kier molecular flexibility index (Phi) is 12.3. The van der Waals surface area contributed by atoms with Gasteiger partial charge in [-0.25, -0.2) is 8.78 Å². The minimum Gasteiger partial charge on any atom is -0.394 e. The lowest BCUT2D eigenvalue weighted by molar-refractivity contribution is -0.149. The van der Waals surface area contributed by atoms with Crippen LogP contribution in [-0.2, 0) is 12.8 Å². The van der Waals surface area contributed by atoms with Gasteiger partial charge >= 0.3 is 0 Å². The third-order valence-electron chi connectivity index (χ3n) is 7.27. The first-order valence-electron chi connectivity index (χ1n) is 13.3. The first-order chi connectivity index (χ1) is 17.8. The maximum Gasteiger partial charge on any atom is 0.126 e. The summed E-state index contributed by atoms with van der Waals surface area (Å²) in [5.74, 6) is -1.37. The highest BCUT2D eigenvalue weighted by Gasteiger charge is 2.38. The SMILES string of the molecule is CC(Cc1ccc(C(C)C)c(F)c1)CC(Cc1ccc(C(C)C)c(F)c1)C(O)[C@@H](O)[C@@H](O)[C@H](O)[C@@H](O)CO. The van der Waals surface area contributed by atoms with Crippen molar-refractivity contribution in [2.75, 3.05) is 6.61 Å². The molecule has 0 aliphatic carbocycles. The summed E-state index contributed by atoms with van der Waals surface area (Å²) in [6.07, 6.45) is -7.90. The predicted molar refractivity (Wildman–Crippen MR) is 143 cm³/mol. The van der Waals surface area contributed by atoms with Gasteiger partial charge in [-0.3, -0.25) is 0 Å². The van der Waals surface area contributed by atoms with Crippen molar-refractivity contribution < 1.29 is 39.4 Å². The molecule has 0 aromatic heterocycles. The fraction of sp³-hybridized carbons (Fsp3) is 0.600. The van der Waals surface area contributed by atoms with E-state index in [4.69, 9.17) is 5.11 Å². The highest BCUT2D eigenvalue weighted by molar-refractivity contribution is 5.28. The zero-order chi connectivity index (χ0) is 28.7. The minimum absolute atomic E-state index is 0.00986. The van der Waals surface area contributed by atoms with Crippen LogP contribution in [0, 0.1) is 23.5 Å². The summed E-state index contributed by atoms with van der Waals surface area (Å²) in [4.78, 5) is 0. The first kappa shape index (κ1) is 32.3. The standard InChI is InChI=1S/C30H44F2O6/c1-16(2)22-8-6-19(13-24(22)31)10-18(5)11-21(12-20-7-9-23(17(3)4)25(32)14-20)27(35)29(37)30(38)28(36)26(34)15-33/h6-9,13-14,16-18,21,26-30,33-38H,10-12,15H2,1-5H3/t18?,21?,26-,27?,28+,29+,30-/m0/s1. The molecular formula is C30H44F2O6. The van der Waals surface area contributed by atoms with Gasteiger partial charge in [0.25, 0.3) is 0 Å². The fourth-order valence-corrected chi connectivity index (χ4v) is 5.00. The van der Waals surface area contributed by atoms with E-state index in [1.165, 1.54) is 12.1 Å². The highest BCUT2D eigenvalue weighted by Crippen LogP contribution is 2.29. The lowest BCUT2D eigenvalue weighted by Gasteiger charge is -2.34. The number of halogens is 2. The summed E-state index contributed by atoms with van der Waals surface area (Å²) in [6.45, 7) is 8.68. The molecule has 8 heteroatoms. The highest BCUT2D eigenvalue weighted by atomic mass is 19.1. The van der Waals surface area contributed by atoms with E-state index >= 15 is 0 Å². The molecule has 0 spiro atoms. The molecule has 2 aromatic carbocycles. The smallest absolute Gasteiger partial charge is 0.126 e. The number of aliphatic hydroxyl groups excluding tert-OH is 6. The molecule has 0 aliphatic rings. The molecule has 6 N–H and O–H groups in total. The van der Waals surface area contributed by atoms with Crippen LogP contribution in [0.2, 0.25) is 0 Å². The van der Waals surface area contributed by atoms with Crippen LogP contribution < -0.4 is 0 Å². The largest absolute Gasteiger partial charge is 0.394 e. The van der Waals surface area contributed by atoms with Gasteiger partial charge in [0.15, 0.2) is 0 Å². The van der Waals surface area contributed by atoms with Gasteiger partial charge in [0.05, 0.1) is 12.7 Å². The van der Waals surface area contributed by atoms with E-state index in [1.807, 2.05) is 40.7 Å². The Morgan fingerprint density at radius 2 is 1.08 bits per heavy atom. The Morgan fingerprint density at radius 1 is 0.632 bits per heavy atom. The Morgan fingerprint density at radius 3 is 1.50 bits per heavy atom. The average molecular weight is 539 g/mol. The number of hydrogen-bond donors (Lipinski definition) is 6. The zero-order valence-corrected chi connectivity index (χ0v) is 22.9. The molecule has 2 rings (SSSR count). The maximum atomic E-state index is 14.7. The van der Waals surface area contributed by atoms with Crippen LogP contribution in [0.1, 0.15) is 75.1 Å². The zero-order valence-electron chi connectivity index (χ0n) is 22.9. The van der Waals surface area contributed by atoms with Crippen LogP contribution in [0.4, 0.5) is 8.78 Å². The van der Waals surface area contributed by atoms with Crippen LogP contribution in [0.3, 0.4) is 0 Å². The van der Waals surface area contributed by atoms with Gasteiger partial charge in [-0.15, -0.1) is 0 Å². The van der Waals surface area contributed by atoms with Gasteiger partial charge in [-0.05, 0) is 77.3 Å². The molecule has 3 unspecified atom stereocenters. The van der Waals surface area contributed by atoms with Crippen LogP contribution >= 0.6 is 0 Å². The summed E-state index contributed by atoms with van der Waals surface area (Å²) in [5, 5.41) is 60.9. The molecule has 0 saturated heterocycles. The van der Waals surface area contributed by atoms with Crippen LogP contribution in [0.15, 0.2) is 36.4 Å². The molecule has 0 aliphatic heterocycles. The van der Waals surface area contributed by atoms with E-state index in [9.17, 15) is 34.3 Å². The Labute approximate surface area is 224 Å². The molecule has 7 atom stereocenters. The molecule has 0 saturated carbocycles. The molecule has 2 aromatic rings. The van der Waals surface area contributed by atoms with Gasteiger partial charge in [0.2, 0.25) is 0 Å². The third-order valence-corrected chi connectivity index (χ3v) is 7.27. The summed E-state index contributed by atoms with van der Waals surface area (Å²) in [7, 11) is 0. The fourth-order valence-electron chi connectivity index (χ4n) is 5.00. The van der Waals surface area contributed by atoms with Crippen LogP contribution in [0.25, 0.3) is 0 Å². The first-order valence-corrected chi connectivity index (χ1v) is 13.3. The van der Waals surface area contributed by atoms with Crippen molar-refractivity contribution in [1.29, 1.82) is 0 Å². The topological polar surface area (TPSA) is 121 Å². The molecule has 214 valence electrons. The third kappa shape index (κ3) is 8.53. The van der Waals surface area contributed by atoms with E-state index in [2.05, 4.69) is 0 Å². The van der Waals surface area contributed by atoms with Crippen molar-refractivity contribution in [2.45, 2.75) is 96.2 Å². The number of benzene rings is 2. The van der Waals surface area contributed by atoms with Crippen molar-refractivity contribution in [3.05, 3.63) is 70.3 Å². The van der Waals surface area contributed by atoms with Crippen molar-refractivity contribution in [2.24, 2.45) is 11.8 Å². The van der Waals surface area contributed by atoms with Crippen molar-refractivity contribution >= 4 is 0 Å². The molecular weight excluding hydrogens is 494 g/mol. The Bertz CT molecular complexity index is 1010. The summed E-state index contributed by atoms with van der Waals surface area (Å²) in [6, 6.07) is 9.98. The minimum atomic E-state index is -1.93. The molecule has 0 heterocycles. The lowest BCUT2D eigenvalue weighted by Crippen LogP contribution is -2.52. The molecule has 0 fully saturated rings. The molecule has 0 bridgehead atoms. The normalized spacial score (nSPS) is 17.8. The van der Waals surface area contributed by atoms with Gasteiger partial charge in [0, 0.05) is 0 Å². The average Bonchev–Trinajstić information content (AvgIpc) is 2.85. The van der Waals surface area contributed by atoms with Gasteiger partial charge in [-0.1, -0.05) is 58.9 Å². The molecule has 0 radical (unpaired) electrons. The van der Waals surface area contributed by atoms with Crippen LogP contribution in [0.5, 0.6) is 0 Å². The Balaban J connectivity index is 2.28. The van der Waals surface area contributed by atoms with Gasteiger partial charge in [0.1, 0.15) is 36.1 Å². The van der Waals surface area contributed by atoms with E-state index in [-0.39, 0.29) is 35.8 Å².